The van der Waals surface area contributed by atoms with Gasteiger partial charge in [-0.15, -0.1) is 11.3 Å². The Morgan fingerprint density at radius 1 is 0.500 bits per heavy atom. The smallest absolute Gasteiger partial charge is 0.0640 e. The van der Waals surface area contributed by atoms with E-state index in [4.69, 9.17) is 0 Å². The summed E-state index contributed by atoms with van der Waals surface area (Å²) in [5, 5.41) is 2.65. The molecule has 0 bridgehead atoms. The van der Waals surface area contributed by atoms with Crippen molar-refractivity contribution in [1.82, 2.24) is 0 Å². The van der Waals surface area contributed by atoms with Crippen molar-refractivity contribution in [1.29, 1.82) is 0 Å². The fourth-order valence-corrected chi connectivity index (χ4v) is 11.5. The Balaban J connectivity index is 1.10. The first-order chi connectivity index (χ1) is 25.5. The van der Waals surface area contributed by atoms with E-state index in [0.29, 0.717) is 0 Å². The standard InChI is InChI=1S/C50H39NS/c1-49(2)42-19-6-3-14-37(42)40-17-11-16-35(47(40)49)32-23-25-33(26-24-32)51(45-21-12-18-41-39-15-5-8-22-46(39)52-48(41)45)34-27-28-38-36-13-4-7-20-43(36)50(44(38)31-34)29-9-10-30-50/h3-8,11-28,31H,9-10,29-30H2,1-2H3. The summed E-state index contributed by atoms with van der Waals surface area (Å²) in [6, 6.07) is 57.4. The SMILES string of the molecule is CC1(C)c2ccccc2-c2cccc(-c3ccc(N(c4ccc5c(c4)C4(CCCC4)c4ccccc4-5)c4cccc5c4sc4ccccc45)cc3)c21. The van der Waals surface area contributed by atoms with Crippen molar-refractivity contribution in [2.75, 3.05) is 4.90 Å². The van der Waals surface area contributed by atoms with E-state index in [-0.39, 0.29) is 10.8 Å². The van der Waals surface area contributed by atoms with E-state index < -0.39 is 0 Å². The third kappa shape index (κ3) is 4.10. The molecule has 0 atom stereocenters. The zero-order chi connectivity index (χ0) is 34.6. The van der Waals surface area contributed by atoms with Gasteiger partial charge in [0.25, 0.3) is 0 Å². The van der Waals surface area contributed by atoms with E-state index in [0.717, 1.165) is 0 Å². The van der Waals surface area contributed by atoms with Crippen molar-refractivity contribution in [3.05, 3.63) is 174 Å². The van der Waals surface area contributed by atoms with Gasteiger partial charge in [0.05, 0.1) is 10.4 Å². The summed E-state index contributed by atoms with van der Waals surface area (Å²) < 4.78 is 2.66. The van der Waals surface area contributed by atoms with Crippen molar-refractivity contribution in [2.45, 2.75) is 50.4 Å². The summed E-state index contributed by atoms with van der Waals surface area (Å²) in [6.45, 7) is 4.76. The van der Waals surface area contributed by atoms with Crippen molar-refractivity contribution in [3.8, 4) is 33.4 Å². The molecule has 1 nitrogen and oxygen atoms in total. The van der Waals surface area contributed by atoms with Gasteiger partial charge in [-0.2, -0.15) is 0 Å². The van der Waals surface area contributed by atoms with E-state index in [1.54, 1.807) is 0 Å². The summed E-state index contributed by atoms with van der Waals surface area (Å²) >= 11 is 1.91. The number of nitrogens with zero attached hydrogens (tertiary/aromatic N) is 1. The third-order valence-electron chi connectivity index (χ3n) is 12.6. The van der Waals surface area contributed by atoms with Crippen molar-refractivity contribution < 1.29 is 0 Å². The first-order valence-corrected chi connectivity index (χ1v) is 19.6. The van der Waals surface area contributed by atoms with Gasteiger partial charge in [-0.3, -0.25) is 0 Å². The molecule has 1 aromatic heterocycles. The molecule has 3 aliphatic rings. The fourth-order valence-electron chi connectivity index (χ4n) is 10.3. The lowest BCUT2D eigenvalue weighted by Crippen LogP contribution is -2.21. The van der Waals surface area contributed by atoms with Crippen LogP contribution < -0.4 is 4.90 Å². The van der Waals surface area contributed by atoms with Gasteiger partial charge in [0.1, 0.15) is 0 Å². The molecule has 3 aliphatic carbocycles. The van der Waals surface area contributed by atoms with Crippen LogP contribution in [0.1, 0.15) is 61.8 Å². The predicted octanol–water partition coefficient (Wildman–Crippen LogP) is 14.3. The van der Waals surface area contributed by atoms with E-state index in [2.05, 4.69) is 170 Å². The van der Waals surface area contributed by atoms with Crippen molar-refractivity contribution in [2.24, 2.45) is 0 Å². The lowest BCUT2D eigenvalue weighted by Gasteiger charge is -2.30. The molecule has 0 N–H and O–H groups in total. The van der Waals surface area contributed by atoms with E-state index in [1.165, 1.54) is 119 Å². The van der Waals surface area contributed by atoms with Gasteiger partial charge in [0, 0.05) is 37.7 Å². The van der Waals surface area contributed by atoms with Crippen LogP contribution >= 0.6 is 11.3 Å². The summed E-state index contributed by atoms with van der Waals surface area (Å²) in [5.74, 6) is 0. The zero-order valence-corrected chi connectivity index (χ0v) is 30.4. The van der Waals surface area contributed by atoms with Gasteiger partial charge < -0.3 is 4.90 Å². The van der Waals surface area contributed by atoms with Crippen LogP contribution in [0.5, 0.6) is 0 Å². The zero-order valence-electron chi connectivity index (χ0n) is 29.6. The monoisotopic (exact) mass is 685 g/mol. The highest BCUT2D eigenvalue weighted by Gasteiger charge is 2.45. The number of fused-ring (bicyclic) bond motifs is 11. The Bertz CT molecular complexity index is 2720. The highest BCUT2D eigenvalue weighted by Crippen LogP contribution is 2.58. The fraction of sp³-hybridized carbons (Fsp3) is 0.160. The highest BCUT2D eigenvalue weighted by atomic mass is 32.1. The summed E-state index contributed by atoms with van der Waals surface area (Å²) in [4.78, 5) is 2.53. The second-order valence-corrected chi connectivity index (χ2v) is 16.6. The third-order valence-corrected chi connectivity index (χ3v) is 13.8. The van der Waals surface area contributed by atoms with Crippen LogP contribution in [0.2, 0.25) is 0 Å². The van der Waals surface area contributed by atoms with Crippen molar-refractivity contribution in [3.63, 3.8) is 0 Å². The van der Waals surface area contributed by atoms with Crippen LogP contribution in [0.4, 0.5) is 17.1 Å². The average Bonchev–Trinajstić information content (AvgIpc) is 3.95. The minimum atomic E-state index is -0.0672. The lowest BCUT2D eigenvalue weighted by atomic mass is 9.76. The number of benzene rings is 7. The molecule has 11 rings (SSSR count). The maximum Gasteiger partial charge on any atom is 0.0640 e. The van der Waals surface area contributed by atoms with Gasteiger partial charge in [-0.25, -0.2) is 0 Å². The van der Waals surface area contributed by atoms with E-state index in [9.17, 15) is 0 Å². The molecule has 8 aromatic rings. The van der Waals surface area contributed by atoms with Crippen molar-refractivity contribution >= 4 is 48.6 Å². The average molecular weight is 686 g/mol. The molecule has 0 radical (unpaired) electrons. The second-order valence-electron chi connectivity index (χ2n) is 15.6. The maximum absolute atomic E-state index is 2.55. The van der Waals surface area contributed by atoms with Gasteiger partial charge in [-0.05, 0) is 105 Å². The molecule has 250 valence electrons. The Morgan fingerprint density at radius 2 is 1.12 bits per heavy atom. The molecule has 0 unspecified atom stereocenters. The van der Waals surface area contributed by atoms with Gasteiger partial charge in [0.2, 0.25) is 0 Å². The minimum Gasteiger partial charge on any atom is -0.309 e. The van der Waals surface area contributed by atoms with Crippen LogP contribution in [0.3, 0.4) is 0 Å². The molecule has 1 fully saturated rings. The molecule has 2 heteroatoms. The number of thiophene rings is 1. The maximum atomic E-state index is 2.55. The Hall–Kier alpha value is -5.44. The van der Waals surface area contributed by atoms with Crippen LogP contribution in [0.25, 0.3) is 53.6 Å². The molecule has 0 saturated heterocycles. The minimum absolute atomic E-state index is 0.0672. The van der Waals surface area contributed by atoms with Gasteiger partial charge in [0.15, 0.2) is 0 Å². The highest BCUT2D eigenvalue weighted by molar-refractivity contribution is 7.26. The topological polar surface area (TPSA) is 3.24 Å². The molecular weight excluding hydrogens is 647 g/mol. The molecule has 1 saturated carbocycles. The number of anilines is 3. The second kappa shape index (κ2) is 11.0. The molecule has 1 spiro atoms. The Morgan fingerprint density at radius 3 is 1.94 bits per heavy atom. The Kier molecular flexibility index (Phi) is 6.41. The molecule has 0 aliphatic heterocycles. The normalized spacial score (nSPS) is 15.9. The predicted molar refractivity (Wildman–Crippen MR) is 222 cm³/mol. The van der Waals surface area contributed by atoms with Crippen LogP contribution in [0, 0.1) is 0 Å². The molecule has 0 amide bonds. The largest absolute Gasteiger partial charge is 0.309 e. The summed E-state index contributed by atoms with van der Waals surface area (Å²) in [6.07, 6.45) is 5.02. The van der Waals surface area contributed by atoms with Crippen LogP contribution in [-0.2, 0) is 10.8 Å². The van der Waals surface area contributed by atoms with Crippen LogP contribution in [0.15, 0.2) is 152 Å². The first kappa shape index (κ1) is 30.2. The quantitative estimate of drug-likeness (QED) is 0.178. The van der Waals surface area contributed by atoms with E-state index in [1.807, 2.05) is 11.3 Å². The number of hydrogen-bond acceptors (Lipinski definition) is 2. The van der Waals surface area contributed by atoms with E-state index >= 15 is 0 Å². The van der Waals surface area contributed by atoms with Gasteiger partial charge in [-0.1, -0.05) is 142 Å². The lowest BCUT2D eigenvalue weighted by molar-refractivity contribution is 0.550. The number of rotatable bonds is 4. The summed E-state index contributed by atoms with van der Waals surface area (Å²) in [7, 11) is 0. The first-order valence-electron chi connectivity index (χ1n) is 18.8. The van der Waals surface area contributed by atoms with Gasteiger partial charge >= 0.3 is 0 Å². The molecule has 1 heterocycles. The summed E-state index contributed by atoms with van der Waals surface area (Å²) in [5.41, 5.74) is 17.7. The molecule has 7 aromatic carbocycles. The molecular formula is C50H39NS. The van der Waals surface area contributed by atoms with Crippen LogP contribution in [-0.4, -0.2) is 0 Å². The molecule has 52 heavy (non-hydrogen) atoms. The number of hydrogen-bond donors (Lipinski definition) is 0. The Labute approximate surface area is 309 Å².